The van der Waals surface area contributed by atoms with Crippen molar-refractivity contribution in [2.45, 2.75) is 19.8 Å². The molecule has 1 aromatic carbocycles. The van der Waals surface area contributed by atoms with E-state index in [0.717, 1.165) is 5.56 Å². The van der Waals surface area contributed by atoms with Crippen molar-refractivity contribution < 1.29 is 24.2 Å². The van der Waals surface area contributed by atoms with Gasteiger partial charge in [0.25, 0.3) is 0 Å². The highest BCUT2D eigenvalue weighted by molar-refractivity contribution is 5.92. The summed E-state index contributed by atoms with van der Waals surface area (Å²) in [6, 6.07) is 5.43. The van der Waals surface area contributed by atoms with Gasteiger partial charge < -0.3 is 19.5 Å². The first-order valence-corrected chi connectivity index (χ1v) is 8.05. The van der Waals surface area contributed by atoms with Gasteiger partial charge >= 0.3 is 5.97 Å². The smallest absolute Gasteiger partial charge is 0.308 e. The minimum atomic E-state index is -0.840. The van der Waals surface area contributed by atoms with Crippen LogP contribution < -0.4 is 9.47 Å². The molecule has 1 aliphatic rings. The van der Waals surface area contributed by atoms with E-state index in [1.54, 1.807) is 24.2 Å². The average Bonchev–Trinajstić information content (AvgIpc) is 2.60. The summed E-state index contributed by atoms with van der Waals surface area (Å²) >= 11 is 0. The molecule has 0 radical (unpaired) electrons. The SMILES string of the molecule is CCOc1cc(C=CC(=O)N2CCCC(C(=O)O)C2)ccc1OC. The first-order chi connectivity index (χ1) is 11.5. The average molecular weight is 333 g/mol. The van der Waals surface area contributed by atoms with Gasteiger partial charge in [0.1, 0.15) is 0 Å². The van der Waals surface area contributed by atoms with Crippen LogP contribution in [0.4, 0.5) is 0 Å². The molecule has 1 N–H and O–H groups in total. The fourth-order valence-electron chi connectivity index (χ4n) is 2.72. The van der Waals surface area contributed by atoms with Crippen LogP contribution >= 0.6 is 0 Å². The summed E-state index contributed by atoms with van der Waals surface area (Å²) < 4.78 is 10.7. The number of carbonyl (C=O) groups is 2. The minimum Gasteiger partial charge on any atom is -0.493 e. The van der Waals surface area contributed by atoms with Crippen molar-refractivity contribution in [1.29, 1.82) is 0 Å². The number of hydrogen-bond acceptors (Lipinski definition) is 4. The van der Waals surface area contributed by atoms with E-state index in [-0.39, 0.29) is 12.5 Å². The van der Waals surface area contributed by atoms with Gasteiger partial charge in [0.05, 0.1) is 19.6 Å². The van der Waals surface area contributed by atoms with E-state index >= 15 is 0 Å². The van der Waals surface area contributed by atoms with Crippen molar-refractivity contribution in [2.75, 3.05) is 26.8 Å². The second-order valence-electron chi connectivity index (χ2n) is 5.64. The van der Waals surface area contributed by atoms with Crippen LogP contribution in [0.1, 0.15) is 25.3 Å². The van der Waals surface area contributed by atoms with Crippen molar-refractivity contribution in [3.8, 4) is 11.5 Å². The number of nitrogens with zero attached hydrogens (tertiary/aromatic N) is 1. The van der Waals surface area contributed by atoms with E-state index in [1.807, 2.05) is 19.1 Å². The van der Waals surface area contributed by atoms with Crippen LogP contribution in [0.3, 0.4) is 0 Å². The van der Waals surface area contributed by atoms with Gasteiger partial charge in [-0.2, -0.15) is 0 Å². The predicted molar refractivity (Wildman–Crippen MR) is 90.1 cm³/mol. The summed E-state index contributed by atoms with van der Waals surface area (Å²) in [7, 11) is 1.58. The molecule has 0 spiro atoms. The molecule has 1 aliphatic heterocycles. The normalized spacial score (nSPS) is 17.8. The second-order valence-corrected chi connectivity index (χ2v) is 5.64. The molecule has 1 heterocycles. The van der Waals surface area contributed by atoms with Gasteiger partial charge in [-0.3, -0.25) is 9.59 Å². The van der Waals surface area contributed by atoms with E-state index < -0.39 is 11.9 Å². The maximum absolute atomic E-state index is 12.3. The number of benzene rings is 1. The molecular weight excluding hydrogens is 310 g/mol. The number of hydrogen-bond donors (Lipinski definition) is 1. The van der Waals surface area contributed by atoms with Crippen LogP contribution in [-0.2, 0) is 9.59 Å². The molecule has 2 rings (SSSR count). The highest BCUT2D eigenvalue weighted by Crippen LogP contribution is 2.28. The Hall–Kier alpha value is -2.50. The van der Waals surface area contributed by atoms with Crippen molar-refractivity contribution in [1.82, 2.24) is 4.90 Å². The Morgan fingerprint density at radius 2 is 2.17 bits per heavy atom. The Bertz CT molecular complexity index is 626. The monoisotopic (exact) mass is 333 g/mol. The van der Waals surface area contributed by atoms with E-state index in [2.05, 4.69) is 0 Å². The van der Waals surface area contributed by atoms with Gasteiger partial charge in [0.15, 0.2) is 11.5 Å². The fourth-order valence-corrected chi connectivity index (χ4v) is 2.72. The molecule has 1 aromatic rings. The highest BCUT2D eigenvalue weighted by Gasteiger charge is 2.27. The van der Waals surface area contributed by atoms with Gasteiger partial charge in [0.2, 0.25) is 5.91 Å². The van der Waals surface area contributed by atoms with Gasteiger partial charge in [-0.25, -0.2) is 0 Å². The van der Waals surface area contributed by atoms with Crippen LogP contribution in [0.25, 0.3) is 6.08 Å². The lowest BCUT2D eigenvalue weighted by Gasteiger charge is -2.29. The number of methoxy groups -OCH3 is 1. The molecule has 1 fully saturated rings. The Morgan fingerprint density at radius 3 is 2.83 bits per heavy atom. The molecule has 6 heteroatoms. The predicted octanol–water partition coefficient (Wildman–Crippen LogP) is 2.43. The standard InChI is InChI=1S/C18H23NO5/c1-3-24-16-11-13(6-8-15(16)23-2)7-9-17(20)19-10-4-5-14(12-19)18(21)22/h6-9,11,14H,3-5,10,12H2,1-2H3,(H,21,22). The maximum atomic E-state index is 12.3. The number of likely N-dealkylation sites (tertiary alicyclic amines) is 1. The molecule has 1 unspecified atom stereocenters. The maximum Gasteiger partial charge on any atom is 0.308 e. The Kier molecular flexibility index (Phi) is 6.23. The molecule has 0 saturated carbocycles. The summed E-state index contributed by atoms with van der Waals surface area (Å²) in [5, 5.41) is 9.09. The topological polar surface area (TPSA) is 76.1 Å². The number of carboxylic acid groups (broad SMARTS) is 1. The summed E-state index contributed by atoms with van der Waals surface area (Å²) in [4.78, 5) is 24.9. The molecule has 24 heavy (non-hydrogen) atoms. The molecule has 1 atom stereocenters. The number of carbonyl (C=O) groups excluding carboxylic acids is 1. The number of rotatable bonds is 6. The van der Waals surface area contributed by atoms with Crippen LogP contribution in [0.5, 0.6) is 11.5 Å². The zero-order chi connectivity index (χ0) is 17.5. The lowest BCUT2D eigenvalue weighted by Crippen LogP contribution is -2.41. The van der Waals surface area contributed by atoms with E-state index in [0.29, 0.717) is 37.5 Å². The van der Waals surface area contributed by atoms with Crippen molar-refractivity contribution >= 4 is 18.0 Å². The first kappa shape index (κ1) is 17.8. The molecule has 0 aliphatic carbocycles. The summed E-state index contributed by atoms with van der Waals surface area (Å²) in [6.45, 7) is 3.28. The van der Waals surface area contributed by atoms with Gasteiger partial charge in [-0.05, 0) is 43.5 Å². The van der Waals surface area contributed by atoms with Crippen molar-refractivity contribution in [3.05, 3.63) is 29.8 Å². The van der Waals surface area contributed by atoms with Gasteiger partial charge in [0, 0.05) is 19.2 Å². The summed E-state index contributed by atoms with van der Waals surface area (Å²) in [5.41, 5.74) is 0.819. The van der Waals surface area contributed by atoms with Crippen molar-refractivity contribution in [3.63, 3.8) is 0 Å². The largest absolute Gasteiger partial charge is 0.493 e. The summed E-state index contributed by atoms with van der Waals surface area (Å²) in [5.74, 6) is -0.219. The third kappa shape index (κ3) is 4.50. The molecule has 1 amide bonds. The van der Waals surface area contributed by atoms with Crippen LogP contribution in [0, 0.1) is 5.92 Å². The number of carboxylic acids is 1. The second kappa shape index (κ2) is 8.38. The van der Waals surface area contributed by atoms with Crippen LogP contribution in [-0.4, -0.2) is 48.7 Å². The number of aliphatic carboxylic acids is 1. The molecule has 0 bridgehead atoms. The van der Waals surface area contributed by atoms with E-state index in [4.69, 9.17) is 14.6 Å². The number of piperidine rings is 1. The quantitative estimate of drug-likeness (QED) is 0.809. The van der Waals surface area contributed by atoms with Gasteiger partial charge in [-0.15, -0.1) is 0 Å². The molecule has 1 saturated heterocycles. The lowest BCUT2D eigenvalue weighted by molar-refractivity contribution is -0.144. The zero-order valence-corrected chi connectivity index (χ0v) is 14.0. The first-order valence-electron chi connectivity index (χ1n) is 8.05. The van der Waals surface area contributed by atoms with Crippen LogP contribution in [0.2, 0.25) is 0 Å². The molecular formula is C18H23NO5. The molecule has 130 valence electrons. The number of amides is 1. The molecule has 0 aromatic heterocycles. The zero-order valence-electron chi connectivity index (χ0n) is 14.0. The van der Waals surface area contributed by atoms with Gasteiger partial charge in [-0.1, -0.05) is 6.07 Å². The van der Waals surface area contributed by atoms with E-state index in [1.165, 1.54) is 6.08 Å². The fraction of sp³-hybridized carbons (Fsp3) is 0.444. The molecule has 6 nitrogen and oxygen atoms in total. The summed E-state index contributed by atoms with van der Waals surface area (Å²) in [6.07, 6.45) is 4.52. The van der Waals surface area contributed by atoms with E-state index in [9.17, 15) is 9.59 Å². The Balaban J connectivity index is 2.05. The van der Waals surface area contributed by atoms with Crippen LogP contribution in [0.15, 0.2) is 24.3 Å². The number of ether oxygens (including phenoxy) is 2. The Labute approximate surface area is 141 Å². The highest BCUT2D eigenvalue weighted by atomic mass is 16.5. The third-order valence-electron chi connectivity index (χ3n) is 3.99. The third-order valence-corrected chi connectivity index (χ3v) is 3.99. The minimum absolute atomic E-state index is 0.172. The Morgan fingerprint density at radius 1 is 1.38 bits per heavy atom. The lowest BCUT2D eigenvalue weighted by atomic mass is 9.98. The van der Waals surface area contributed by atoms with Crippen molar-refractivity contribution in [2.24, 2.45) is 5.92 Å².